The van der Waals surface area contributed by atoms with Crippen LogP contribution in [0.3, 0.4) is 0 Å². The van der Waals surface area contributed by atoms with Gasteiger partial charge >= 0.3 is 0 Å². The van der Waals surface area contributed by atoms with E-state index in [2.05, 4.69) is 16.9 Å². The number of rotatable bonds is 6. The molecule has 6 nitrogen and oxygen atoms in total. The highest BCUT2D eigenvalue weighted by Gasteiger charge is 2.22. The molecule has 1 aliphatic rings. The third-order valence-electron chi connectivity index (χ3n) is 4.66. The van der Waals surface area contributed by atoms with Crippen molar-refractivity contribution >= 4 is 22.8 Å². The number of aromatic nitrogens is 3. The summed E-state index contributed by atoms with van der Waals surface area (Å²) in [6.07, 6.45) is 6.75. The average molecular weight is 363 g/mol. The van der Waals surface area contributed by atoms with Crippen LogP contribution in [-0.2, 0) is 16.0 Å². The van der Waals surface area contributed by atoms with E-state index in [1.54, 1.807) is 22.9 Å². The van der Waals surface area contributed by atoms with Crippen LogP contribution in [0.4, 0.5) is 0 Å². The molecule has 3 rings (SSSR count). The Morgan fingerprint density at radius 1 is 1.40 bits per heavy atom. The number of pyridine rings is 1. The predicted molar refractivity (Wildman–Crippen MR) is 98.9 cm³/mol. The topological polar surface area (TPSA) is 66.2 Å². The molecule has 2 aromatic rings. The van der Waals surface area contributed by atoms with E-state index in [0.29, 0.717) is 17.3 Å². The first-order chi connectivity index (χ1) is 12.1. The summed E-state index contributed by atoms with van der Waals surface area (Å²) in [7, 11) is 0. The number of fused-ring (bicyclic) bond motifs is 1. The van der Waals surface area contributed by atoms with Crippen molar-refractivity contribution in [3.63, 3.8) is 0 Å². The second-order valence-electron chi connectivity index (χ2n) is 6.53. The predicted octanol–water partition coefficient (Wildman–Crippen LogP) is 3.08. The lowest BCUT2D eigenvalue weighted by Crippen LogP contribution is -2.33. The fourth-order valence-corrected chi connectivity index (χ4v) is 3.29. The van der Waals surface area contributed by atoms with Gasteiger partial charge in [-0.3, -0.25) is 9.36 Å². The van der Waals surface area contributed by atoms with Crippen molar-refractivity contribution in [2.24, 2.45) is 5.92 Å². The minimum atomic E-state index is -0.124. The van der Waals surface area contributed by atoms with Crippen molar-refractivity contribution in [3.8, 4) is 0 Å². The molecule has 25 heavy (non-hydrogen) atoms. The largest absolute Gasteiger partial charge is 0.353 e. The van der Waals surface area contributed by atoms with Gasteiger partial charge in [0.15, 0.2) is 11.4 Å². The Morgan fingerprint density at radius 2 is 2.24 bits per heavy atom. The molecule has 0 amide bonds. The summed E-state index contributed by atoms with van der Waals surface area (Å²) >= 11 is 1.47. The molecule has 2 aromatic heterocycles. The number of thioether (sulfide) groups is 1. The molecule has 7 heteroatoms. The lowest BCUT2D eigenvalue weighted by molar-refractivity contribution is -0.193. The van der Waals surface area contributed by atoms with Gasteiger partial charge in [0.25, 0.3) is 5.56 Å². The van der Waals surface area contributed by atoms with Crippen molar-refractivity contribution < 1.29 is 9.47 Å². The SMILES string of the molecule is CSc1ncc2ccc(=O)n(CC(C)C(C)OC3CCCCO3)c2n1. The van der Waals surface area contributed by atoms with Gasteiger partial charge in [0, 0.05) is 36.7 Å². The summed E-state index contributed by atoms with van der Waals surface area (Å²) in [5.41, 5.74) is 0.631. The quantitative estimate of drug-likeness (QED) is 0.580. The molecule has 0 spiro atoms. The Morgan fingerprint density at radius 3 is 2.96 bits per heavy atom. The van der Waals surface area contributed by atoms with Gasteiger partial charge in [0.05, 0.1) is 6.10 Å². The summed E-state index contributed by atoms with van der Waals surface area (Å²) < 4.78 is 13.4. The van der Waals surface area contributed by atoms with Crippen LogP contribution in [0.2, 0.25) is 0 Å². The lowest BCUT2D eigenvalue weighted by Gasteiger charge is -2.29. The van der Waals surface area contributed by atoms with E-state index in [-0.39, 0.29) is 23.9 Å². The van der Waals surface area contributed by atoms with Crippen LogP contribution in [0.5, 0.6) is 0 Å². The first kappa shape index (κ1) is 18.4. The van der Waals surface area contributed by atoms with Gasteiger partial charge in [0.2, 0.25) is 0 Å². The maximum Gasteiger partial charge on any atom is 0.252 e. The third kappa shape index (κ3) is 4.40. The van der Waals surface area contributed by atoms with Crippen LogP contribution in [0.1, 0.15) is 33.1 Å². The molecule has 136 valence electrons. The lowest BCUT2D eigenvalue weighted by atomic mass is 10.1. The maximum atomic E-state index is 12.4. The Kier molecular flexibility index (Phi) is 6.09. The molecule has 1 aliphatic heterocycles. The highest BCUT2D eigenvalue weighted by atomic mass is 32.2. The normalized spacial score (nSPS) is 20.5. The summed E-state index contributed by atoms with van der Waals surface area (Å²) in [6, 6.07) is 3.35. The van der Waals surface area contributed by atoms with E-state index in [1.807, 2.05) is 13.2 Å². The second-order valence-corrected chi connectivity index (χ2v) is 7.31. The van der Waals surface area contributed by atoms with Crippen molar-refractivity contribution in [2.75, 3.05) is 12.9 Å². The minimum absolute atomic E-state index is 0.00730. The van der Waals surface area contributed by atoms with Crippen LogP contribution in [0.15, 0.2) is 28.3 Å². The molecule has 0 N–H and O–H groups in total. The Hall–Kier alpha value is -1.44. The number of hydrogen-bond donors (Lipinski definition) is 0. The molecule has 0 bridgehead atoms. The first-order valence-corrected chi connectivity index (χ1v) is 9.98. The number of nitrogens with zero attached hydrogens (tertiary/aromatic N) is 3. The molecule has 3 heterocycles. The summed E-state index contributed by atoms with van der Waals surface area (Å²) in [6.45, 7) is 5.45. The van der Waals surface area contributed by atoms with Crippen LogP contribution in [0.25, 0.3) is 11.0 Å². The minimum Gasteiger partial charge on any atom is -0.353 e. The van der Waals surface area contributed by atoms with Crippen molar-refractivity contribution in [3.05, 3.63) is 28.7 Å². The molecule has 3 atom stereocenters. The van der Waals surface area contributed by atoms with E-state index in [1.165, 1.54) is 11.8 Å². The highest BCUT2D eigenvalue weighted by molar-refractivity contribution is 7.98. The smallest absolute Gasteiger partial charge is 0.252 e. The molecule has 1 saturated heterocycles. The molecule has 1 fully saturated rings. The van der Waals surface area contributed by atoms with E-state index in [9.17, 15) is 4.79 Å². The zero-order valence-electron chi connectivity index (χ0n) is 15.0. The summed E-state index contributed by atoms with van der Waals surface area (Å²) in [5.74, 6) is 0.154. The van der Waals surface area contributed by atoms with Crippen molar-refractivity contribution in [1.29, 1.82) is 0 Å². The van der Waals surface area contributed by atoms with Gasteiger partial charge in [-0.15, -0.1) is 0 Å². The van der Waals surface area contributed by atoms with Crippen LogP contribution in [-0.4, -0.2) is 39.8 Å². The Balaban J connectivity index is 1.78. The van der Waals surface area contributed by atoms with E-state index in [4.69, 9.17) is 9.47 Å². The van der Waals surface area contributed by atoms with Crippen molar-refractivity contribution in [1.82, 2.24) is 14.5 Å². The second kappa shape index (κ2) is 8.29. The first-order valence-electron chi connectivity index (χ1n) is 8.76. The molecule has 0 saturated carbocycles. The van der Waals surface area contributed by atoms with Gasteiger partial charge in [-0.2, -0.15) is 0 Å². The zero-order chi connectivity index (χ0) is 17.8. The van der Waals surface area contributed by atoms with E-state index < -0.39 is 0 Å². The maximum absolute atomic E-state index is 12.4. The molecule has 3 unspecified atom stereocenters. The van der Waals surface area contributed by atoms with Gasteiger partial charge in [-0.1, -0.05) is 18.7 Å². The van der Waals surface area contributed by atoms with Gasteiger partial charge in [0.1, 0.15) is 5.65 Å². The van der Waals surface area contributed by atoms with Crippen molar-refractivity contribution in [2.45, 2.75) is 57.2 Å². The molecule has 0 aliphatic carbocycles. The van der Waals surface area contributed by atoms with Crippen LogP contribution >= 0.6 is 11.8 Å². The van der Waals surface area contributed by atoms with Gasteiger partial charge in [-0.05, 0) is 38.5 Å². The monoisotopic (exact) mass is 363 g/mol. The highest BCUT2D eigenvalue weighted by Crippen LogP contribution is 2.20. The van der Waals surface area contributed by atoms with E-state index >= 15 is 0 Å². The van der Waals surface area contributed by atoms with Gasteiger partial charge < -0.3 is 9.47 Å². The van der Waals surface area contributed by atoms with E-state index in [0.717, 1.165) is 31.3 Å². The molecular weight excluding hydrogens is 338 g/mol. The fourth-order valence-electron chi connectivity index (χ4n) is 2.96. The molecule has 0 aromatic carbocycles. The number of ether oxygens (including phenoxy) is 2. The summed E-state index contributed by atoms with van der Waals surface area (Å²) in [4.78, 5) is 21.2. The Bertz CT molecular complexity index is 774. The van der Waals surface area contributed by atoms with Crippen LogP contribution in [0, 0.1) is 5.92 Å². The third-order valence-corrected chi connectivity index (χ3v) is 5.22. The average Bonchev–Trinajstić information content (AvgIpc) is 2.64. The molecule has 0 radical (unpaired) electrons. The van der Waals surface area contributed by atoms with Gasteiger partial charge in [-0.25, -0.2) is 9.97 Å². The summed E-state index contributed by atoms with van der Waals surface area (Å²) in [5, 5.41) is 1.54. The fraction of sp³-hybridized carbons (Fsp3) is 0.611. The number of hydrogen-bond acceptors (Lipinski definition) is 6. The zero-order valence-corrected chi connectivity index (χ0v) is 15.8. The Labute approximate surface area is 152 Å². The van der Waals surface area contributed by atoms with Crippen LogP contribution < -0.4 is 5.56 Å². The molecular formula is C18H25N3O3S. The standard InChI is InChI=1S/C18H25N3O3S/c1-12(13(2)24-16-6-4-5-9-23-16)11-21-15(22)8-7-14-10-19-18(25-3)20-17(14)21/h7-8,10,12-13,16H,4-6,9,11H2,1-3H3.